The Bertz CT molecular complexity index is 1040. The highest BCUT2D eigenvalue weighted by atomic mass is 19.4. The van der Waals surface area contributed by atoms with Crippen LogP contribution in [0.4, 0.5) is 24.5 Å². The number of nitrogens with zero attached hydrogens (tertiary/aromatic N) is 2. The second-order valence-corrected chi connectivity index (χ2v) is 6.11. The Labute approximate surface area is 164 Å². The van der Waals surface area contributed by atoms with Crippen molar-refractivity contribution in [3.8, 4) is 0 Å². The predicted molar refractivity (Wildman–Crippen MR) is 103 cm³/mol. The lowest BCUT2D eigenvalue weighted by atomic mass is 10.1. The van der Waals surface area contributed by atoms with Crippen LogP contribution in [0.25, 0.3) is 0 Å². The molecule has 0 aliphatic carbocycles. The molecule has 0 aliphatic heterocycles. The second kappa shape index (κ2) is 8.14. The Morgan fingerprint density at radius 1 is 0.862 bits per heavy atom. The van der Waals surface area contributed by atoms with Crippen molar-refractivity contribution < 1.29 is 22.8 Å². The van der Waals surface area contributed by atoms with Crippen molar-refractivity contribution >= 4 is 23.2 Å². The molecule has 3 aromatic rings. The molecular formula is C21H16F3N3O2. The minimum atomic E-state index is -4.62. The van der Waals surface area contributed by atoms with Crippen LogP contribution in [0.5, 0.6) is 0 Å². The topological polar surface area (TPSA) is 62.3 Å². The number of rotatable bonds is 4. The monoisotopic (exact) mass is 399 g/mol. The highest BCUT2D eigenvalue weighted by Crippen LogP contribution is 2.34. The van der Waals surface area contributed by atoms with Crippen molar-refractivity contribution in [2.24, 2.45) is 0 Å². The summed E-state index contributed by atoms with van der Waals surface area (Å²) in [5, 5.41) is 2.21. The molecule has 0 fully saturated rings. The van der Waals surface area contributed by atoms with E-state index in [1.165, 1.54) is 35.2 Å². The molecule has 0 saturated carbocycles. The van der Waals surface area contributed by atoms with Crippen LogP contribution in [0.1, 0.15) is 26.5 Å². The number of carbonyl (C=O) groups is 2. The number of amides is 2. The molecular weight excluding hydrogens is 383 g/mol. The minimum Gasteiger partial charge on any atom is -0.320 e. The molecule has 0 spiro atoms. The number of halogens is 3. The molecule has 8 heteroatoms. The van der Waals surface area contributed by atoms with Gasteiger partial charge >= 0.3 is 6.18 Å². The average Bonchev–Trinajstić information content (AvgIpc) is 2.73. The first-order valence-electron chi connectivity index (χ1n) is 8.55. The van der Waals surface area contributed by atoms with E-state index in [1.54, 1.807) is 31.3 Å². The van der Waals surface area contributed by atoms with Gasteiger partial charge in [0.25, 0.3) is 11.8 Å². The summed E-state index contributed by atoms with van der Waals surface area (Å²) in [7, 11) is 1.56. The molecule has 148 valence electrons. The fraction of sp³-hybridized carbons (Fsp3) is 0.0952. The number of pyridine rings is 1. The van der Waals surface area contributed by atoms with Gasteiger partial charge in [0, 0.05) is 12.7 Å². The van der Waals surface area contributed by atoms with Crippen LogP contribution in [0.15, 0.2) is 72.8 Å². The summed E-state index contributed by atoms with van der Waals surface area (Å²) in [4.78, 5) is 30.5. The zero-order chi connectivity index (χ0) is 21.0. The summed E-state index contributed by atoms with van der Waals surface area (Å²) >= 11 is 0. The summed E-state index contributed by atoms with van der Waals surface area (Å²) in [5.41, 5.74) is -0.898. The average molecular weight is 399 g/mol. The van der Waals surface area contributed by atoms with Crippen LogP contribution in [0.2, 0.25) is 0 Å². The summed E-state index contributed by atoms with van der Waals surface area (Å²) in [6.07, 6.45) is -4.62. The first kappa shape index (κ1) is 20.1. The Balaban J connectivity index is 1.83. The molecule has 1 heterocycles. The van der Waals surface area contributed by atoms with Crippen LogP contribution in [0, 0.1) is 0 Å². The van der Waals surface area contributed by atoms with Crippen LogP contribution >= 0.6 is 0 Å². The zero-order valence-electron chi connectivity index (χ0n) is 15.3. The smallest absolute Gasteiger partial charge is 0.320 e. The van der Waals surface area contributed by atoms with E-state index in [9.17, 15) is 22.8 Å². The van der Waals surface area contributed by atoms with Gasteiger partial charge in [0.2, 0.25) is 0 Å². The molecule has 2 aromatic carbocycles. The quantitative estimate of drug-likeness (QED) is 0.696. The van der Waals surface area contributed by atoms with Gasteiger partial charge in [-0.3, -0.25) is 9.59 Å². The van der Waals surface area contributed by atoms with E-state index in [0.29, 0.717) is 5.69 Å². The maximum absolute atomic E-state index is 13.1. The standard InChI is InChI=1S/C21H16F3N3O2/c1-27(14-8-3-2-4-9-14)20(29)18-13-7-12-17(25-18)19(28)26-16-11-6-5-10-15(16)21(22,23)24/h2-13H,1H3,(H,26,28). The number of alkyl halides is 3. The normalized spacial score (nSPS) is 11.0. The number of hydrogen-bond acceptors (Lipinski definition) is 3. The largest absolute Gasteiger partial charge is 0.418 e. The molecule has 29 heavy (non-hydrogen) atoms. The number of hydrogen-bond donors (Lipinski definition) is 1. The van der Waals surface area contributed by atoms with Gasteiger partial charge in [-0.15, -0.1) is 0 Å². The predicted octanol–water partition coefficient (Wildman–Crippen LogP) is 4.63. The number of nitrogens with one attached hydrogen (secondary N) is 1. The van der Waals surface area contributed by atoms with Crippen molar-refractivity contribution in [1.29, 1.82) is 0 Å². The van der Waals surface area contributed by atoms with Crippen LogP contribution < -0.4 is 10.2 Å². The van der Waals surface area contributed by atoms with Crippen molar-refractivity contribution in [2.75, 3.05) is 17.3 Å². The summed E-state index contributed by atoms with van der Waals surface area (Å²) in [5.74, 6) is -1.31. The maximum Gasteiger partial charge on any atom is 0.418 e. The van der Waals surface area contributed by atoms with E-state index in [0.717, 1.165) is 12.1 Å². The van der Waals surface area contributed by atoms with Gasteiger partial charge in [-0.25, -0.2) is 4.98 Å². The summed E-state index contributed by atoms with van der Waals surface area (Å²) < 4.78 is 39.3. The molecule has 0 aliphatic rings. The van der Waals surface area contributed by atoms with Crippen molar-refractivity contribution in [1.82, 2.24) is 4.98 Å². The van der Waals surface area contributed by atoms with E-state index in [2.05, 4.69) is 10.3 Å². The molecule has 3 rings (SSSR count). The van der Waals surface area contributed by atoms with E-state index in [4.69, 9.17) is 0 Å². The van der Waals surface area contributed by atoms with Crippen molar-refractivity contribution in [3.05, 3.63) is 89.7 Å². The van der Waals surface area contributed by atoms with Crippen LogP contribution in [-0.2, 0) is 6.18 Å². The summed E-state index contributed by atoms with van der Waals surface area (Å²) in [6, 6.07) is 17.7. The van der Waals surface area contributed by atoms with Gasteiger partial charge in [-0.05, 0) is 36.4 Å². The molecule has 1 N–H and O–H groups in total. The van der Waals surface area contributed by atoms with Crippen LogP contribution in [-0.4, -0.2) is 23.8 Å². The van der Waals surface area contributed by atoms with Crippen molar-refractivity contribution in [3.63, 3.8) is 0 Å². The number of benzene rings is 2. The lowest BCUT2D eigenvalue weighted by Crippen LogP contribution is -2.28. The zero-order valence-corrected chi connectivity index (χ0v) is 15.3. The first-order chi connectivity index (χ1) is 13.8. The molecule has 2 amide bonds. The van der Waals surface area contributed by atoms with E-state index < -0.39 is 23.6 Å². The highest BCUT2D eigenvalue weighted by Gasteiger charge is 2.33. The molecule has 0 saturated heterocycles. The van der Waals surface area contributed by atoms with E-state index in [-0.39, 0.29) is 17.1 Å². The molecule has 0 bridgehead atoms. The van der Waals surface area contributed by atoms with E-state index in [1.807, 2.05) is 6.07 Å². The van der Waals surface area contributed by atoms with Gasteiger partial charge in [-0.1, -0.05) is 36.4 Å². The number of carbonyl (C=O) groups excluding carboxylic acids is 2. The van der Waals surface area contributed by atoms with Gasteiger partial charge in [0.1, 0.15) is 11.4 Å². The molecule has 1 aromatic heterocycles. The molecule has 0 radical (unpaired) electrons. The highest BCUT2D eigenvalue weighted by molar-refractivity contribution is 6.07. The Morgan fingerprint density at radius 2 is 1.48 bits per heavy atom. The van der Waals surface area contributed by atoms with Gasteiger partial charge in [-0.2, -0.15) is 13.2 Å². The number of para-hydroxylation sites is 2. The Kier molecular flexibility index (Phi) is 5.63. The molecule has 0 unspecified atom stereocenters. The van der Waals surface area contributed by atoms with Crippen molar-refractivity contribution in [2.45, 2.75) is 6.18 Å². The summed E-state index contributed by atoms with van der Waals surface area (Å²) in [6.45, 7) is 0. The van der Waals surface area contributed by atoms with E-state index >= 15 is 0 Å². The second-order valence-electron chi connectivity index (χ2n) is 6.11. The van der Waals surface area contributed by atoms with Gasteiger partial charge in [0.05, 0.1) is 11.3 Å². The van der Waals surface area contributed by atoms with Crippen LogP contribution in [0.3, 0.4) is 0 Å². The fourth-order valence-corrected chi connectivity index (χ4v) is 2.65. The van der Waals surface area contributed by atoms with Gasteiger partial charge < -0.3 is 10.2 Å². The molecule has 5 nitrogen and oxygen atoms in total. The third-order valence-electron chi connectivity index (χ3n) is 4.13. The number of aromatic nitrogens is 1. The Hall–Kier alpha value is -3.68. The fourth-order valence-electron chi connectivity index (χ4n) is 2.65. The lowest BCUT2D eigenvalue weighted by Gasteiger charge is -2.17. The van der Waals surface area contributed by atoms with Gasteiger partial charge in [0.15, 0.2) is 0 Å². The third kappa shape index (κ3) is 4.60. The number of anilines is 2. The Morgan fingerprint density at radius 3 is 2.17 bits per heavy atom. The first-order valence-corrected chi connectivity index (χ1v) is 8.55. The molecule has 0 atom stereocenters. The SMILES string of the molecule is CN(C(=O)c1cccc(C(=O)Nc2ccccc2C(F)(F)F)n1)c1ccccc1. The minimum absolute atomic E-state index is 0.00638. The maximum atomic E-state index is 13.1. The lowest BCUT2D eigenvalue weighted by molar-refractivity contribution is -0.136. The third-order valence-corrected chi connectivity index (χ3v) is 4.13.